The minimum atomic E-state index is 0.267. The summed E-state index contributed by atoms with van der Waals surface area (Å²) in [5, 5.41) is 3.15. The lowest BCUT2D eigenvalue weighted by Crippen LogP contribution is -2.39. The van der Waals surface area contributed by atoms with Crippen molar-refractivity contribution in [1.82, 2.24) is 10.2 Å². The van der Waals surface area contributed by atoms with Gasteiger partial charge in [-0.25, -0.2) is 0 Å². The van der Waals surface area contributed by atoms with Crippen LogP contribution in [0.15, 0.2) is 0 Å². The van der Waals surface area contributed by atoms with E-state index in [0.29, 0.717) is 5.92 Å². The Morgan fingerprint density at radius 2 is 1.86 bits per heavy atom. The molecule has 2 rings (SSSR count). The zero-order chi connectivity index (χ0) is 14.9. The molecule has 0 aromatic carbocycles. The summed E-state index contributed by atoms with van der Waals surface area (Å²) >= 11 is 0. The van der Waals surface area contributed by atoms with Gasteiger partial charge in [0.1, 0.15) is 0 Å². The molecule has 4 heteroatoms. The second kappa shape index (κ2) is 9.42. The standard InChI is InChI=1S/C17H32N2O2/c1-21-13-12-19-10-8-16(9-11-19)14-18-17(20)7-6-15-4-2-3-5-15/h15-16H,2-14H2,1H3,(H,18,20). The molecule has 1 aliphatic heterocycles. The van der Waals surface area contributed by atoms with Crippen LogP contribution in [0.4, 0.5) is 0 Å². The Bertz CT molecular complexity index is 295. The van der Waals surface area contributed by atoms with E-state index in [1.54, 1.807) is 7.11 Å². The van der Waals surface area contributed by atoms with Crippen LogP contribution in [0.25, 0.3) is 0 Å². The molecule has 0 unspecified atom stereocenters. The molecule has 122 valence electrons. The van der Waals surface area contributed by atoms with Gasteiger partial charge >= 0.3 is 0 Å². The second-order valence-electron chi connectivity index (χ2n) is 6.77. The third-order valence-electron chi connectivity index (χ3n) is 5.16. The first-order chi connectivity index (χ1) is 10.3. The molecule has 0 radical (unpaired) electrons. The van der Waals surface area contributed by atoms with Gasteiger partial charge in [0.15, 0.2) is 0 Å². The van der Waals surface area contributed by atoms with Crippen molar-refractivity contribution in [2.45, 2.75) is 51.4 Å². The lowest BCUT2D eigenvalue weighted by atomic mass is 9.96. The van der Waals surface area contributed by atoms with Crippen LogP contribution in [0.2, 0.25) is 0 Å². The van der Waals surface area contributed by atoms with Crippen molar-refractivity contribution in [1.29, 1.82) is 0 Å². The smallest absolute Gasteiger partial charge is 0.220 e. The van der Waals surface area contributed by atoms with Crippen molar-refractivity contribution in [3.05, 3.63) is 0 Å². The zero-order valence-electron chi connectivity index (χ0n) is 13.6. The molecule has 4 nitrogen and oxygen atoms in total. The number of rotatable bonds is 8. The van der Waals surface area contributed by atoms with E-state index in [-0.39, 0.29) is 5.91 Å². The maximum Gasteiger partial charge on any atom is 0.220 e. The van der Waals surface area contributed by atoms with Crippen LogP contribution in [-0.2, 0) is 9.53 Å². The summed E-state index contributed by atoms with van der Waals surface area (Å²) in [6.45, 7) is 5.03. The number of nitrogens with one attached hydrogen (secondary N) is 1. The second-order valence-corrected chi connectivity index (χ2v) is 6.77. The number of hydrogen-bond donors (Lipinski definition) is 1. The molecule has 0 spiro atoms. The maximum atomic E-state index is 11.9. The van der Waals surface area contributed by atoms with Gasteiger partial charge in [-0.05, 0) is 44.2 Å². The number of nitrogens with zero attached hydrogens (tertiary/aromatic N) is 1. The van der Waals surface area contributed by atoms with Crippen molar-refractivity contribution >= 4 is 5.91 Å². The van der Waals surface area contributed by atoms with Crippen molar-refractivity contribution in [3.8, 4) is 0 Å². The normalized spacial score (nSPS) is 21.8. The van der Waals surface area contributed by atoms with E-state index in [1.165, 1.54) is 38.5 Å². The van der Waals surface area contributed by atoms with E-state index >= 15 is 0 Å². The molecule has 1 aliphatic carbocycles. The molecule has 1 saturated heterocycles. The molecule has 0 aromatic heterocycles. The molecule has 0 bridgehead atoms. The average molecular weight is 296 g/mol. The van der Waals surface area contributed by atoms with Crippen LogP contribution in [0.3, 0.4) is 0 Å². The Kier molecular flexibility index (Phi) is 7.51. The predicted molar refractivity (Wildman–Crippen MR) is 85.2 cm³/mol. The summed E-state index contributed by atoms with van der Waals surface area (Å²) in [5.74, 6) is 1.75. The van der Waals surface area contributed by atoms with E-state index < -0.39 is 0 Å². The van der Waals surface area contributed by atoms with E-state index in [4.69, 9.17) is 4.74 Å². The summed E-state index contributed by atoms with van der Waals surface area (Å²) in [5.41, 5.74) is 0. The quantitative estimate of drug-likeness (QED) is 0.748. The molecule has 1 heterocycles. The number of carbonyl (C=O) groups is 1. The van der Waals surface area contributed by atoms with Gasteiger partial charge in [-0.3, -0.25) is 4.79 Å². The lowest BCUT2D eigenvalue weighted by Gasteiger charge is -2.31. The molecule has 0 atom stereocenters. The molecule has 0 aromatic rings. The van der Waals surface area contributed by atoms with Crippen molar-refractivity contribution in [3.63, 3.8) is 0 Å². The fraction of sp³-hybridized carbons (Fsp3) is 0.941. The molecule has 1 N–H and O–H groups in total. The van der Waals surface area contributed by atoms with Crippen LogP contribution in [0.1, 0.15) is 51.4 Å². The Balaban J connectivity index is 1.51. The first-order valence-corrected chi connectivity index (χ1v) is 8.76. The average Bonchev–Trinajstić information content (AvgIpc) is 3.03. The molecule has 1 saturated carbocycles. The molecular formula is C17H32N2O2. The largest absolute Gasteiger partial charge is 0.383 e. The Morgan fingerprint density at radius 3 is 2.52 bits per heavy atom. The van der Waals surface area contributed by atoms with Crippen LogP contribution in [0, 0.1) is 11.8 Å². The van der Waals surface area contributed by atoms with Crippen LogP contribution in [-0.4, -0.2) is 50.7 Å². The molecule has 2 aliphatic rings. The number of hydrogen-bond acceptors (Lipinski definition) is 3. The highest BCUT2D eigenvalue weighted by Gasteiger charge is 2.20. The highest BCUT2D eigenvalue weighted by Crippen LogP contribution is 2.28. The van der Waals surface area contributed by atoms with Gasteiger partial charge in [0, 0.05) is 26.6 Å². The van der Waals surface area contributed by atoms with Gasteiger partial charge in [-0.1, -0.05) is 25.7 Å². The number of likely N-dealkylation sites (tertiary alicyclic amines) is 1. The van der Waals surface area contributed by atoms with Gasteiger partial charge in [0.2, 0.25) is 5.91 Å². The summed E-state index contributed by atoms with van der Waals surface area (Å²) in [6, 6.07) is 0. The van der Waals surface area contributed by atoms with Crippen molar-refractivity contribution < 1.29 is 9.53 Å². The lowest BCUT2D eigenvalue weighted by molar-refractivity contribution is -0.121. The van der Waals surface area contributed by atoms with E-state index in [1.807, 2.05) is 0 Å². The third-order valence-corrected chi connectivity index (χ3v) is 5.16. The van der Waals surface area contributed by atoms with E-state index in [9.17, 15) is 4.79 Å². The number of carbonyl (C=O) groups excluding carboxylic acids is 1. The highest BCUT2D eigenvalue weighted by atomic mass is 16.5. The number of amides is 1. The first kappa shape index (κ1) is 16.8. The summed E-state index contributed by atoms with van der Waals surface area (Å²) in [7, 11) is 1.76. The SMILES string of the molecule is COCCN1CCC(CNC(=O)CCC2CCCC2)CC1. The Labute approximate surface area is 129 Å². The summed E-state index contributed by atoms with van der Waals surface area (Å²) < 4.78 is 5.12. The van der Waals surface area contributed by atoms with Crippen LogP contribution in [0.5, 0.6) is 0 Å². The van der Waals surface area contributed by atoms with Gasteiger partial charge in [0.25, 0.3) is 0 Å². The number of ether oxygens (including phenoxy) is 1. The summed E-state index contributed by atoms with van der Waals surface area (Å²) in [6.07, 6.45) is 9.65. The highest BCUT2D eigenvalue weighted by molar-refractivity contribution is 5.75. The Morgan fingerprint density at radius 1 is 1.14 bits per heavy atom. The number of piperidine rings is 1. The van der Waals surface area contributed by atoms with Crippen molar-refractivity contribution in [2.75, 3.05) is 39.9 Å². The maximum absolute atomic E-state index is 11.9. The molecule has 2 fully saturated rings. The zero-order valence-corrected chi connectivity index (χ0v) is 13.6. The topological polar surface area (TPSA) is 41.6 Å². The predicted octanol–water partition coefficient (Wildman–Crippen LogP) is 2.43. The molecular weight excluding hydrogens is 264 g/mol. The number of methoxy groups -OCH3 is 1. The Hall–Kier alpha value is -0.610. The van der Waals surface area contributed by atoms with Crippen LogP contribution < -0.4 is 5.32 Å². The molecule has 21 heavy (non-hydrogen) atoms. The minimum absolute atomic E-state index is 0.267. The third kappa shape index (κ3) is 6.35. The minimum Gasteiger partial charge on any atom is -0.383 e. The fourth-order valence-electron chi connectivity index (χ4n) is 3.62. The summed E-state index contributed by atoms with van der Waals surface area (Å²) in [4.78, 5) is 14.4. The van der Waals surface area contributed by atoms with Crippen LogP contribution >= 0.6 is 0 Å². The van der Waals surface area contributed by atoms with Gasteiger partial charge in [-0.15, -0.1) is 0 Å². The van der Waals surface area contributed by atoms with E-state index in [0.717, 1.165) is 51.5 Å². The van der Waals surface area contributed by atoms with Gasteiger partial charge in [0.05, 0.1) is 6.61 Å². The fourth-order valence-corrected chi connectivity index (χ4v) is 3.62. The monoisotopic (exact) mass is 296 g/mol. The van der Waals surface area contributed by atoms with Gasteiger partial charge < -0.3 is 15.0 Å². The van der Waals surface area contributed by atoms with Gasteiger partial charge in [-0.2, -0.15) is 0 Å². The first-order valence-electron chi connectivity index (χ1n) is 8.76. The van der Waals surface area contributed by atoms with E-state index in [2.05, 4.69) is 10.2 Å². The van der Waals surface area contributed by atoms with Crippen molar-refractivity contribution in [2.24, 2.45) is 11.8 Å². The molecule has 1 amide bonds.